The zero-order chi connectivity index (χ0) is 18.0. The predicted octanol–water partition coefficient (Wildman–Crippen LogP) is 3.44. The van der Waals surface area contributed by atoms with E-state index in [4.69, 9.17) is 5.73 Å². The molecule has 1 aliphatic carbocycles. The Morgan fingerprint density at radius 1 is 1.38 bits per heavy atom. The summed E-state index contributed by atoms with van der Waals surface area (Å²) in [5.41, 5.74) is 8.72. The number of halogens is 2. The maximum absolute atomic E-state index is 13.1. The van der Waals surface area contributed by atoms with E-state index in [1.807, 2.05) is 13.8 Å². The standard InChI is InChI=1S/C19H25FN4O.ClH/c1-12(23-19(25)10-14-4-3-5-18(14)21)17-11-22-24(13(17)2)16-8-6-15(20)7-9-16;/h6-9,11-12,14,18H,3-5,10,21H2,1-2H3,(H,23,25);1H/t12?,14-,18+;/m0./s1. The SMILES string of the molecule is Cc1c(C(C)NC(=O)C[C@@H]2CCC[C@H]2N)cnn1-c1ccc(F)cc1.Cl. The second-order valence-electron chi connectivity index (χ2n) is 6.92. The summed E-state index contributed by atoms with van der Waals surface area (Å²) in [4.78, 5) is 12.3. The number of nitrogens with one attached hydrogen (secondary N) is 1. The Bertz CT molecular complexity index is 746. The molecule has 5 nitrogen and oxygen atoms in total. The first-order valence-corrected chi connectivity index (χ1v) is 8.81. The van der Waals surface area contributed by atoms with Crippen molar-refractivity contribution in [3.05, 3.63) is 47.5 Å². The van der Waals surface area contributed by atoms with Gasteiger partial charge >= 0.3 is 0 Å². The lowest BCUT2D eigenvalue weighted by Crippen LogP contribution is -2.33. The normalized spacial score (nSPS) is 20.5. The van der Waals surface area contributed by atoms with Gasteiger partial charge in [0.05, 0.1) is 17.9 Å². The van der Waals surface area contributed by atoms with E-state index in [2.05, 4.69) is 10.4 Å². The fourth-order valence-electron chi connectivity index (χ4n) is 3.63. The maximum Gasteiger partial charge on any atom is 0.220 e. The first kappa shape index (κ1) is 20.4. The number of nitrogens with zero attached hydrogens (tertiary/aromatic N) is 2. The van der Waals surface area contributed by atoms with Gasteiger partial charge in [-0.2, -0.15) is 5.10 Å². The summed E-state index contributed by atoms with van der Waals surface area (Å²) in [5.74, 6) is 0.0403. The quantitative estimate of drug-likeness (QED) is 0.834. The zero-order valence-corrected chi connectivity index (χ0v) is 15.9. The van der Waals surface area contributed by atoms with Gasteiger partial charge in [0.2, 0.25) is 5.91 Å². The average molecular weight is 381 g/mol. The molecular weight excluding hydrogens is 355 g/mol. The van der Waals surface area contributed by atoms with Gasteiger partial charge in [0.1, 0.15) is 5.82 Å². The minimum absolute atomic E-state index is 0. The molecule has 3 N–H and O–H groups in total. The van der Waals surface area contributed by atoms with Crippen LogP contribution in [0.3, 0.4) is 0 Å². The van der Waals surface area contributed by atoms with Gasteiger partial charge in [0.25, 0.3) is 0 Å². The van der Waals surface area contributed by atoms with E-state index in [1.165, 1.54) is 12.1 Å². The molecular formula is C19H26ClFN4O. The van der Waals surface area contributed by atoms with Crippen LogP contribution in [0.1, 0.15) is 49.9 Å². The lowest BCUT2D eigenvalue weighted by Gasteiger charge is -2.18. The minimum atomic E-state index is -0.278. The molecule has 1 heterocycles. The molecule has 3 rings (SSSR count). The Morgan fingerprint density at radius 3 is 2.69 bits per heavy atom. The number of rotatable bonds is 5. The van der Waals surface area contributed by atoms with Gasteiger partial charge < -0.3 is 11.1 Å². The van der Waals surface area contributed by atoms with Crippen LogP contribution in [0.25, 0.3) is 5.69 Å². The Hall–Kier alpha value is -1.92. The topological polar surface area (TPSA) is 72.9 Å². The number of benzene rings is 1. The van der Waals surface area contributed by atoms with Crippen molar-refractivity contribution < 1.29 is 9.18 Å². The van der Waals surface area contributed by atoms with E-state index < -0.39 is 0 Å². The number of nitrogens with two attached hydrogens (primary N) is 1. The number of aromatic nitrogens is 2. The van der Waals surface area contributed by atoms with Crippen LogP contribution in [0.5, 0.6) is 0 Å². The molecule has 1 aromatic carbocycles. The third-order valence-electron chi connectivity index (χ3n) is 5.13. The van der Waals surface area contributed by atoms with Gasteiger partial charge in [-0.1, -0.05) is 6.42 Å². The van der Waals surface area contributed by atoms with Crippen molar-refractivity contribution in [2.45, 2.75) is 51.6 Å². The highest BCUT2D eigenvalue weighted by Gasteiger charge is 2.27. The van der Waals surface area contributed by atoms with Crippen molar-refractivity contribution in [2.75, 3.05) is 0 Å². The summed E-state index contributed by atoms with van der Waals surface area (Å²) in [6.45, 7) is 3.90. The van der Waals surface area contributed by atoms with Gasteiger partial charge in [-0.25, -0.2) is 9.07 Å². The van der Waals surface area contributed by atoms with Crippen molar-refractivity contribution in [3.63, 3.8) is 0 Å². The van der Waals surface area contributed by atoms with Gasteiger partial charge in [0, 0.05) is 23.7 Å². The Labute approximate surface area is 159 Å². The fourth-order valence-corrected chi connectivity index (χ4v) is 3.63. The molecule has 1 saturated carbocycles. The molecule has 142 valence electrons. The first-order chi connectivity index (χ1) is 12.0. The second kappa shape index (κ2) is 8.64. The van der Waals surface area contributed by atoms with Crippen molar-refractivity contribution in [2.24, 2.45) is 11.7 Å². The number of carbonyl (C=O) groups is 1. The molecule has 1 fully saturated rings. The van der Waals surface area contributed by atoms with Crippen molar-refractivity contribution in [1.29, 1.82) is 0 Å². The molecule has 1 aromatic heterocycles. The lowest BCUT2D eigenvalue weighted by molar-refractivity contribution is -0.122. The molecule has 1 aliphatic rings. The molecule has 1 amide bonds. The summed E-state index contributed by atoms with van der Waals surface area (Å²) in [6, 6.07) is 6.19. The molecule has 3 atom stereocenters. The summed E-state index contributed by atoms with van der Waals surface area (Å²) >= 11 is 0. The molecule has 1 unspecified atom stereocenters. The Kier molecular flexibility index (Phi) is 6.78. The molecule has 0 aliphatic heterocycles. The molecule has 0 bridgehead atoms. The van der Waals surface area contributed by atoms with E-state index in [0.717, 1.165) is 36.2 Å². The maximum atomic E-state index is 13.1. The fraction of sp³-hybridized carbons (Fsp3) is 0.474. The largest absolute Gasteiger partial charge is 0.349 e. The van der Waals surface area contributed by atoms with E-state index in [0.29, 0.717) is 6.42 Å². The van der Waals surface area contributed by atoms with Gasteiger partial charge in [-0.05, 0) is 56.9 Å². The molecule has 7 heteroatoms. The third kappa shape index (κ3) is 4.43. The van der Waals surface area contributed by atoms with Gasteiger partial charge in [-0.3, -0.25) is 4.79 Å². The van der Waals surface area contributed by atoms with Crippen molar-refractivity contribution in [1.82, 2.24) is 15.1 Å². The van der Waals surface area contributed by atoms with E-state index >= 15 is 0 Å². The van der Waals surface area contributed by atoms with Crippen LogP contribution in [-0.4, -0.2) is 21.7 Å². The zero-order valence-electron chi connectivity index (χ0n) is 15.1. The minimum Gasteiger partial charge on any atom is -0.349 e. The average Bonchev–Trinajstić information content (AvgIpc) is 3.14. The van der Waals surface area contributed by atoms with Crippen LogP contribution >= 0.6 is 12.4 Å². The molecule has 0 radical (unpaired) electrons. The molecule has 0 spiro atoms. The number of carbonyl (C=O) groups excluding carboxylic acids is 1. The lowest BCUT2D eigenvalue weighted by atomic mass is 9.99. The highest BCUT2D eigenvalue weighted by atomic mass is 35.5. The van der Waals surface area contributed by atoms with Crippen LogP contribution in [0.4, 0.5) is 4.39 Å². The smallest absolute Gasteiger partial charge is 0.220 e. The molecule has 2 aromatic rings. The van der Waals surface area contributed by atoms with Crippen LogP contribution in [0.2, 0.25) is 0 Å². The summed E-state index contributed by atoms with van der Waals surface area (Å²) < 4.78 is 14.8. The third-order valence-corrected chi connectivity index (χ3v) is 5.13. The van der Waals surface area contributed by atoms with E-state index in [-0.39, 0.29) is 42.1 Å². The molecule has 0 saturated heterocycles. The highest BCUT2D eigenvalue weighted by molar-refractivity contribution is 5.85. The highest BCUT2D eigenvalue weighted by Crippen LogP contribution is 2.27. The van der Waals surface area contributed by atoms with Crippen molar-refractivity contribution in [3.8, 4) is 5.69 Å². The van der Waals surface area contributed by atoms with Gasteiger partial charge in [0.15, 0.2) is 0 Å². The van der Waals surface area contributed by atoms with Crippen LogP contribution in [0.15, 0.2) is 30.5 Å². The number of hydrogen-bond acceptors (Lipinski definition) is 3. The number of hydrogen-bond donors (Lipinski definition) is 2. The summed E-state index contributed by atoms with van der Waals surface area (Å²) in [5, 5.41) is 7.43. The van der Waals surface area contributed by atoms with E-state index in [9.17, 15) is 9.18 Å². The number of amides is 1. The Morgan fingerprint density at radius 2 is 2.08 bits per heavy atom. The summed E-state index contributed by atoms with van der Waals surface area (Å²) in [7, 11) is 0. The van der Waals surface area contributed by atoms with Crippen LogP contribution in [-0.2, 0) is 4.79 Å². The molecule has 26 heavy (non-hydrogen) atoms. The van der Waals surface area contributed by atoms with Crippen LogP contribution < -0.4 is 11.1 Å². The van der Waals surface area contributed by atoms with Crippen LogP contribution in [0, 0.1) is 18.7 Å². The monoisotopic (exact) mass is 380 g/mol. The Balaban J connectivity index is 0.00000243. The second-order valence-corrected chi connectivity index (χ2v) is 6.92. The van der Waals surface area contributed by atoms with Gasteiger partial charge in [-0.15, -0.1) is 12.4 Å². The predicted molar refractivity (Wildman–Crippen MR) is 102 cm³/mol. The first-order valence-electron chi connectivity index (χ1n) is 8.81. The van der Waals surface area contributed by atoms with Crippen molar-refractivity contribution >= 4 is 18.3 Å². The van der Waals surface area contributed by atoms with E-state index in [1.54, 1.807) is 23.0 Å². The summed E-state index contributed by atoms with van der Waals surface area (Å²) in [6.07, 6.45) is 5.39.